The number of aromatic nitrogens is 2. The summed E-state index contributed by atoms with van der Waals surface area (Å²) in [5.41, 5.74) is 3.90. The fourth-order valence-corrected chi connectivity index (χ4v) is 3.53. The number of carbonyl (C=O) groups is 1. The second kappa shape index (κ2) is 10.1. The lowest BCUT2D eigenvalue weighted by molar-refractivity contribution is 0.0952. The van der Waals surface area contributed by atoms with Gasteiger partial charge in [0.2, 0.25) is 0 Å². The van der Waals surface area contributed by atoms with E-state index in [-0.39, 0.29) is 5.91 Å². The van der Waals surface area contributed by atoms with Gasteiger partial charge in [-0.25, -0.2) is 9.97 Å². The van der Waals surface area contributed by atoms with Crippen molar-refractivity contribution in [3.8, 4) is 17.0 Å². The molecule has 0 bridgehead atoms. The van der Waals surface area contributed by atoms with Crippen molar-refractivity contribution in [3.05, 3.63) is 71.4 Å². The van der Waals surface area contributed by atoms with Gasteiger partial charge in [0.05, 0.1) is 24.1 Å². The predicted molar refractivity (Wildman–Crippen MR) is 118 cm³/mol. The van der Waals surface area contributed by atoms with E-state index in [0.717, 1.165) is 24.2 Å². The zero-order valence-corrected chi connectivity index (χ0v) is 17.8. The highest BCUT2D eigenvalue weighted by atomic mass is 32.2. The van der Waals surface area contributed by atoms with Gasteiger partial charge in [-0.15, -0.1) is 0 Å². The van der Waals surface area contributed by atoms with Crippen molar-refractivity contribution in [2.75, 3.05) is 19.9 Å². The molecular weight excluding hydrogens is 382 g/mol. The third-order valence-electron chi connectivity index (χ3n) is 4.59. The van der Waals surface area contributed by atoms with Crippen LogP contribution in [0.1, 0.15) is 28.0 Å². The monoisotopic (exact) mass is 407 g/mol. The molecule has 1 heterocycles. The molecule has 0 aliphatic carbocycles. The maximum Gasteiger partial charge on any atom is 0.255 e. The summed E-state index contributed by atoms with van der Waals surface area (Å²) < 4.78 is 5.34. The largest absolute Gasteiger partial charge is 0.497 e. The van der Waals surface area contributed by atoms with Crippen molar-refractivity contribution in [2.45, 2.75) is 24.9 Å². The molecule has 0 aliphatic rings. The normalized spacial score (nSPS) is 10.6. The number of methoxy groups -OCH3 is 1. The molecule has 3 aromatic rings. The van der Waals surface area contributed by atoms with Gasteiger partial charge >= 0.3 is 0 Å². The van der Waals surface area contributed by atoms with E-state index in [0.29, 0.717) is 28.7 Å². The first kappa shape index (κ1) is 20.9. The van der Waals surface area contributed by atoms with Gasteiger partial charge in [0.15, 0.2) is 5.16 Å². The maximum atomic E-state index is 13.0. The highest BCUT2D eigenvalue weighted by molar-refractivity contribution is 7.98. The van der Waals surface area contributed by atoms with Crippen molar-refractivity contribution < 1.29 is 9.53 Å². The van der Waals surface area contributed by atoms with E-state index >= 15 is 0 Å². The first-order valence-corrected chi connectivity index (χ1v) is 10.7. The summed E-state index contributed by atoms with van der Waals surface area (Å²) in [6.07, 6.45) is 3.71. The van der Waals surface area contributed by atoms with E-state index in [1.807, 2.05) is 55.6 Å². The molecule has 0 spiro atoms. The molecule has 1 amide bonds. The highest BCUT2D eigenvalue weighted by Gasteiger charge is 2.20. The molecule has 0 saturated carbocycles. The van der Waals surface area contributed by atoms with Crippen molar-refractivity contribution in [2.24, 2.45) is 0 Å². The Kier molecular flexibility index (Phi) is 7.25. The van der Waals surface area contributed by atoms with E-state index in [1.165, 1.54) is 17.3 Å². The fraction of sp³-hybridized carbons (Fsp3) is 0.261. The van der Waals surface area contributed by atoms with Crippen LogP contribution in [0.4, 0.5) is 0 Å². The average molecular weight is 408 g/mol. The Labute approximate surface area is 175 Å². The number of nitrogens with zero attached hydrogens (tertiary/aromatic N) is 2. The Morgan fingerprint density at radius 3 is 2.62 bits per heavy atom. The molecule has 0 fully saturated rings. The average Bonchev–Trinajstić information content (AvgIpc) is 2.76. The lowest BCUT2D eigenvalue weighted by Gasteiger charge is -2.14. The number of benzene rings is 2. The summed E-state index contributed by atoms with van der Waals surface area (Å²) in [6, 6.07) is 17.8. The van der Waals surface area contributed by atoms with Crippen LogP contribution in [-0.4, -0.2) is 35.8 Å². The molecule has 5 nitrogen and oxygen atoms in total. The molecule has 150 valence electrons. The first-order chi connectivity index (χ1) is 14.1. The number of carbonyl (C=O) groups excluding carboxylic acids is 1. The third-order valence-corrected chi connectivity index (χ3v) is 5.14. The Hall–Kier alpha value is -2.86. The molecule has 3 rings (SSSR count). The first-order valence-electron chi connectivity index (χ1n) is 9.51. The minimum Gasteiger partial charge on any atom is -0.497 e. The zero-order chi connectivity index (χ0) is 20.6. The Bertz CT molecular complexity index is 977. The summed E-state index contributed by atoms with van der Waals surface area (Å²) in [5, 5.41) is 3.67. The fourth-order valence-electron chi connectivity index (χ4n) is 3.12. The quantitative estimate of drug-likeness (QED) is 0.337. The van der Waals surface area contributed by atoms with Crippen LogP contribution >= 0.6 is 11.8 Å². The highest BCUT2D eigenvalue weighted by Crippen LogP contribution is 2.28. The van der Waals surface area contributed by atoms with Crippen molar-refractivity contribution in [3.63, 3.8) is 0 Å². The second-order valence-corrected chi connectivity index (χ2v) is 7.37. The number of thioether (sulfide) groups is 1. The van der Waals surface area contributed by atoms with Gasteiger partial charge in [-0.05, 0) is 43.7 Å². The van der Waals surface area contributed by atoms with E-state index in [9.17, 15) is 4.79 Å². The van der Waals surface area contributed by atoms with Gasteiger partial charge in [-0.2, -0.15) is 0 Å². The minimum absolute atomic E-state index is 0.152. The molecule has 0 aliphatic heterocycles. The number of hydrogen-bond donors (Lipinski definition) is 1. The molecule has 0 unspecified atom stereocenters. The number of rotatable bonds is 8. The predicted octanol–water partition coefficient (Wildman–Crippen LogP) is 4.55. The van der Waals surface area contributed by atoms with Crippen LogP contribution in [0.15, 0.2) is 59.8 Å². The van der Waals surface area contributed by atoms with Gasteiger partial charge in [-0.3, -0.25) is 4.79 Å². The third kappa shape index (κ3) is 5.35. The maximum absolute atomic E-state index is 13.0. The van der Waals surface area contributed by atoms with Crippen LogP contribution < -0.4 is 10.1 Å². The summed E-state index contributed by atoms with van der Waals surface area (Å²) in [5.74, 6) is 0.569. The molecule has 2 aromatic carbocycles. The van der Waals surface area contributed by atoms with Crippen molar-refractivity contribution in [1.82, 2.24) is 15.3 Å². The lowest BCUT2D eigenvalue weighted by Crippen LogP contribution is -2.27. The summed E-state index contributed by atoms with van der Waals surface area (Å²) in [4.78, 5) is 22.1. The number of hydrogen-bond acceptors (Lipinski definition) is 5. The molecule has 1 N–H and O–H groups in total. The minimum atomic E-state index is -0.152. The standard InChI is InChI=1S/C23H25N3O2S/c1-16-20(22(27)24-14-8-11-17-9-5-4-6-10-17)21(26-23(25-16)29-3)18-12-7-13-19(15-18)28-2/h4-7,9-10,12-13,15H,8,11,14H2,1-3H3,(H,24,27). The van der Waals surface area contributed by atoms with E-state index in [4.69, 9.17) is 4.74 Å². The molecule has 0 atom stereocenters. The summed E-state index contributed by atoms with van der Waals surface area (Å²) in [6.45, 7) is 2.44. The molecule has 0 radical (unpaired) electrons. The molecule has 29 heavy (non-hydrogen) atoms. The Balaban J connectivity index is 1.80. The molecule has 0 saturated heterocycles. The van der Waals surface area contributed by atoms with Crippen LogP contribution in [0.5, 0.6) is 5.75 Å². The summed E-state index contributed by atoms with van der Waals surface area (Å²) in [7, 11) is 1.62. The lowest BCUT2D eigenvalue weighted by atomic mass is 10.0. The van der Waals surface area contributed by atoms with Crippen LogP contribution in [0.3, 0.4) is 0 Å². The zero-order valence-electron chi connectivity index (χ0n) is 16.9. The van der Waals surface area contributed by atoms with E-state index in [2.05, 4.69) is 27.4 Å². The Morgan fingerprint density at radius 2 is 1.90 bits per heavy atom. The second-order valence-electron chi connectivity index (χ2n) is 6.60. The number of aryl methyl sites for hydroxylation is 2. The smallest absolute Gasteiger partial charge is 0.255 e. The summed E-state index contributed by atoms with van der Waals surface area (Å²) >= 11 is 1.46. The number of ether oxygens (including phenoxy) is 1. The van der Waals surface area contributed by atoms with Gasteiger partial charge in [0.1, 0.15) is 5.75 Å². The topological polar surface area (TPSA) is 64.1 Å². The number of nitrogens with one attached hydrogen (secondary N) is 1. The van der Waals surface area contributed by atoms with Crippen molar-refractivity contribution >= 4 is 17.7 Å². The Morgan fingerprint density at radius 1 is 1.10 bits per heavy atom. The van der Waals surface area contributed by atoms with E-state index < -0.39 is 0 Å². The molecular formula is C23H25N3O2S. The van der Waals surface area contributed by atoms with Crippen LogP contribution in [0.25, 0.3) is 11.3 Å². The van der Waals surface area contributed by atoms with Gasteiger partial charge in [0.25, 0.3) is 5.91 Å². The van der Waals surface area contributed by atoms with Crippen LogP contribution in [0.2, 0.25) is 0 Å². The van der Waals surface area contributed by atoms with E-state index in [1.54, 1.807) is 7.11 Å². The van der Waals surface area contributed by atoms with Crippen molar-refractivity contribution in [1.29, 1.82) is 0 Å². The van der Waals surface area contributed by atoms with Crippen LogP contribution in [0, 0.1) is 6.92 Å². The molecule has 1 aromatic heterocycles. The van der Waals surface area contributed by atoms with Gasteiger partial charge in [-0.1, -0.05) is 54.2 Å². The van der Waals surface area contributed by atoms with Gasteiger partial charge < -0.3 is 10.1 Å². The molecule has 6 heteroatoms. The van der Waals surface area contributed by atoms with Gasteiger partial charge in [0, 0.05) is 12.1 Å². The number of amides is 1. The van der Waals surface area contributed by atoms with Crippen LogP contribution in [-0.2, 0) is 6.42 Å². The SMILES string of the molecule is COc1cccc(-c2nc(SC)nc(C)c2C(=O)NCCCc2ccccc2)c1.